The Balaban J connectivity index is 2.67. The van der Waals surface area contributed by atoms with E-state index in [1.165, 1.54) is 4.57 Å². The molecule has 0 aromatic carbocycles. The summed E-state index contributed by atoms with van der Waals surface area (Å²) >= 11 is 0. The molecule has 1 fully saturated rings. The lowest BCUT2D eigenvalue weighted by molar-refractivity contribution is 0.0689. The molecule has 1 aromatic rings. The first-order valence-electron chi connectivity index (χ1n) is 4.82. The predicted octanol–water partition coefficient (Wildman–Crippen LogP) is 0.399. The summed E-state index contributed by atoms with van der Waals surface area (Å²) in [6.45, 7) is 0. The Labute approximate surface area is 92.8 Å². The molecule has 0 saturated heterocycles. The second-order valence-corrected chi connectivity index (χ2v) is 5.95. The van der Waals surface area contributed by atoms with Crippen LogP contribution < -0.4 is 0 Å². The van der Waals surface area contributed by atoms with Crippen molar-refractivity contribution in [2.45, 2.75) is 23.9 Å². The fraction of sp³-hybridized carbons (Fsp3) is 0.556. The van der Waals surface area contributed by atoms with Crippen LogP contribution in [-0.4, -0.2) is 35.3 Å². The molecule has 1 aliphatic carbocycles. The van der Waals surface area contributed by atoms with Crippen molar-refractivity contribution < 1.29 is 18.3 Å². The largest absolute Gasteiger partial charge is 0.476 e. The molecule has 6 nitrogen and oxygen atoms in total. The zero-order valence-electron chi connectivity index (χ0n) is 8.97. The van der Waals surface area contributed by atoms with E-state index in [0.29, 0.717) is 5.69 Å². The van der Waals surface area contributed by atoms with Crippen LogP contribution in [0.1, 0.15) is 34.9 Å². The number of rotatable bonds is 3. The summed E-state index contributed by atoms with van der Waals surface area (Å²) in [4.78, 5) is 14.7. The van der Waals surface area contributed by atoms with Gasteiger partial charge in [0.05, 0.1) is 5.69 Å². The quantitative estimate of drug-likeness (QED) is 0.831. The number of aromatic carboxylic acids is 1. The molecule has 7 heteroatoms. The topological polar surface area (TPSA) is 89.3 Å². The highest BCUT2D eigenvalue weighted by atomic mass is 32.2. The van der Waals surface area contributed by atoms with E-state index in [1.807, 2.05) is 0 Å². The van der Waals surface area contributed by atoms with Crippen LogP contribution in [0.4, 0.5) is 0 Å². The first kappa shape index (κ1) is 11.1. The third kappa shape index (κ3) is 1.71. The molecule has 16 heavy (non-hydrogen) atoms. The lowest BCUT2D eigenvalue weighted by Gasteiger charge is -2.02. The standard InChI is InChI=1S/C9H12N2O4S/c1-11-7(5-3-4-5)6(8(12)13)10-9(11)16(2,14)15/h5H,3-4H2,1-2H3,(H,12,13). The smallest absolute Gasteiger partial charge is 0.356 e. The second kappa shape index (κ2) is 3.31. The van der Waals surface area contributed by atoms with E-state index in [2.05, 4.69) is 4.98 Å². The summed E-state index contributed by atoms with van der Waals surface area (Å²) < 4.78 is 24.2. The number of hydrogen-bond donors (Lipinski definition) is 1. The number of carboxylic acids is 1. The highest BCUT2D eigenvalue weighted by Gasteiger charge is 2.35. The van der Waals surface area contributed by atoms with E-state index in [0.717, 1.165) is 19.1 Å². The molecule has 2 rings (SSSR count). The van der Waals surface area contributed by atoms with E-state index in [-0.39, 0.29) is 16.8 Å². The van der Waals surface area contributed by atoms with Gasteiger partial charge in [0.15, 0.2) is 5.69 Å². The van der Waals surface area contributed by atoms with Crippen LogP contribution in [-0.2, 0) is 16.9 Å². The maximum atomic E-state index is 11.4. The Hall–Kier alpha value is -1.37. The van der Waals surface area contributed by atoms with Crippen LogP contribution in [0.2, 0.25) is 0 Å². The van der Waals surface area contributed by atoms with Crippen LogP contribution in [0.25, 0.3) is 0 Å². The molecule has 0 aliphatic heterocycles. The SMILES string of the molecule is Cn1c(S(C)(=O)=O)nc(C(=O)O)c1C1CC1. The maximum absolute atomic E-state index is 11.4. The fourth-order valence-electron chi connectivity index (χ4n) is 1.80. The van der Waals surface area contributed by atoms with Gasteiger partial charge in [-0.3, -0.25) is 0 Å². The molecule has 1 N–H and O–H groups in total. The average molecular weight is 244 g/mol. The summed E-state index contributed by atoms with van der Waals surface area (Å²) in [5.74, 6) is -1.04. The fourth-order valence-corrected chi connectivity index (χ4v) is 2.66. The van der Waals surface area contributed by atoms with E-state index in [9.17, 15) is 13.2 Å². The number of nitrogens with zero attached hydrogens (tertiary/aromatic N) is 2. The Bertz CT molecular complexity index is 554. The Morgan fingerprint density at radius 1 is 1.50 bits per heavy atom. The maximum Gasteiger partial charge on any atom is 0.356 e. The highest BCUT2D eigenvalue weighted by molar-refractivity contribution is 7.90. The number of carboxylic acid groups (broad SMARTS) is 1. The summed E-state index contributed by atoms with van der Waals surface area (Å²) in [7, 11) is -1.94. The van der Waals surface area contributed by atoms with Crippen molar-refractivity contribution in [3.8, 4) is 0 Å². The minimum atomic E-state index is -3.49. The van der Waals surface area contributed by atoms with Crippen LogP contribution >= 0.6 is 0 Å². The molecule has 1 aliphatic rings. The molecule has 0 radical (unpaired) electrons. The van der Waals surface area contributed by atoms with Gasteiger partial charge in [-0.1, -0.05) is 0 Å². The van der Waals surface area contributed by atoms with Crippen molar-refractivity contribution in [2.24, 2.45) is 7.05 Å². The molecule has 1 aromatic heterocycles. The van der Waals surface area contributed by atoms with Crippen molar-refractivity contribution in [2.75, 3.05) is 6.26 Å². The van der Waals surface area contributed by atoms with Gasteiger partial charge < -0.3 is 9.67 Å². The van der Waals surface area contributed by atoms with E-state index < -0.39 is 15.8 Å². The van der Waals surface area contributed by atoms with Gasteiger partial charge in [0.25, 0.3) is 0 Å². The van der Waals surface area contributed by atoms with E-state index in [1.54, 1.807) is 7.05 Å². The molecule has 0 atom stereocenters. The molecule has 0 amide bonds. The van der Waals surface area contributed by atoms with Gasteiger partial charge in [-0.15, -0.1) is 0 Å². The third-order valence-electron chi connectivity index (χ3n) is 2.60. The molecular weight excluding hydrogens is 232 g/mol. The van der Waals surface area contributed by atoms with Gasteiger partial charge in [0.2, 0.25) is 15.0 Å². The first-order valence-corrected chi connectivity index (χ1v) is 6.71. The van der Waals surface area contributed by atoms with Crippen molar-refractivity contribution in [3.05, 3.63) is 11.4 Å². The van der Waals surface area contributed by atoms with E-state index >= 15 is 0 Å². The molecule has 1 saturated carbocycles. The molecule has 0 bridgehead atoms. The van der Waals surface area contributed by atoms with Gasteiger partial charge in [0.1, 0.15) is 0 Å². The summed E-state index contributed by atoms with van der Waals surface area (Å²) in [6.07, 6.45) is 2.81. The summed E-state index contributed by atoms with van der Waals surface area (Å²) in [5.41, 5.74) is 0.387. The number of carbonyl (C=O) groups is 1. The van der Waals surface area contributed by atoms with Crippen LogP contribution in [0.5, 0.6) is 0 Å². The van der Waals surface area contributed by atoms with Gasteiger partial charge in [-0.25, -0.2) is 18.2 Å². The number of imidazole rings is 1. The normalized spacial score (nSPS) is 16.4. The molecule has 88 valence electrons. The van der Waals surface area contributed by atoms with Gasteiger partial charge in [0, 0.05) is 19.2 Å². The van der Waals surface area contributed by atoms with Crippen molar-refractivity contribution in [3.63, 3.8) is 0 Å². The monoisotopic (exact) mass is 244 g/mol. The zero-order valence-corrected chi connectivity index (χ0v) is 9.78. The minimum Gasteiger partial charge on any atom is -0.476 e. The zero-order chi connectivity index (χ0) is 12.1. The molecule has 0 unspecified atom stereocenters. The van der Waals surface area contributed by atoms with Gasteiger partial charge in [-0.05, 0) is 12.8 Å². The first-order chi connectivity index (χ1) is 7.32. The average Bonchev–Trinajstić information content (AvgIpc) is 2.87. The molecular formula is C9H12N2O4S. The summed E-state index contributed by atoms with van der Waals surface area (Å²) in [6, 6.07) is 0. The minimum absolute atomic E-state index is 0.134. The number of sulfone groups is 1. The van der Waals surface area contributed by atoms with Crippen LogP contribution in [0, 0.1) is 0 Å². The van der Waals surface area contributed by atoms with Gasteiger partial charge >= 0.3 is 5.97 Å². The number of hydrogen-bond acceptors (Lipinski definition) is 4. The molecule has 1 heterocycles. The summed E-state index contributed by atoms with van der Waals surface area (Å²) in [5, 5.41) is 8.80. The third-order valence-corrected chi connectivity index (χ3v) is 3.63. The van der Waals surface area contributed by atoms with Gasteiger partial charge in [-0.2, -0.15) is 0 Å². The van der Waals surface area contributed by atoms with Crippen molar-refractivity contribution >= 4 is 15.8 Å². The molecule has 0 spiro atoms. The van der Waals surface area contributed by atoms with Crippen molar-refractivity contribution in [1.29, 1.82) is 0 Å². The number of aromatic nitrogens is 2. The predicted molar refractivity (Wildman–Crippen MR) is 55.3 cm³/mol. The lowest BCUT2D eigenvalue weighted by atomic mass is 10.2. The van der Waals surface area contributed by atoms with Crippen LogP contribution in [0.15, 0.2) is 5.16 Å². The Morgan fingerprint density at radius 2 is 2.06 bits per heavy atom. The second-order valence-electron chi connectivity index (χ2n) is 4.04. The van der Waals surface area contributed by atoms with Crippen LogP contribution in [0.3, 0.4) is 0 Å². The lowest BCUT2D eigenvalue weighted by Crippen LogP contribution is -2.07. The van der Waals surface area contributed by atoms with Crippen molar-refractivity contribution in [1.82, 2.24) is 9.55 Å². The van der Waals surface area contributed by atoms with E-state index in [4.69, 9.17) is 5.11 Å². The Morgan fingerprint density at radius 3 is 2.44 bits per heavy atom. The highest BCUT2D eigenvalue weighted by Crippen LogP contribution is 2.42. The Kier molecular flexibility index (Phi) is 2.30.